The van der Waals surface area contributed by atoms with E-state index in [4.69, 9.17) is 11.6 Å². The molecular formula is C12H15ClN2O2. The third-order valence-corrected chi connectivity index (χ3v) is 3.15. The zero-order chi connectivity index (χ0) is 12.3. The number of hydrogen-bond donors (Lipinski definition) is 3. The first kappa shape index (κ1) is 12.2. The molecule has 17 heavy (non-hydrogen) atoms. The van der Waals surface area contributed by atoms with Gasteiger partial charge in [0.15, 0.2) is 0 Å². The van der Waals surface area contributed by atoms with Gasteiger partial charge in [0.1, 0.15) is 0 Å². The van der Waals surface area contributed by atoms with Crippen LogP contribution in [0.2, 0.25) is 5.02 Å². The quantitative estimate of drug-likeness (QED) is 0.759. The van der Waals surface area contributed by atoms with Crippen LogP contribution in [0, 0.1) is 0 Å². The summed E-state index contributed by atoms with van der Waals surface area (Å²) < 4.78 is 0. The van der Waals surface area contributed by atoms with E-state index in [0.717, 1.165) is 19.3 Å². The van der Waals surface area contributed by atoms with Gasteiger partial charge in [0, 0.05) is 10.7 Å². The monoisotopic (exact) mass is 254 g/mol. The van der Waals surface area contributed by atoms with E-state index in [1.54, 1.807) is 24.3 Å². The normalized spacial score (nSPS) is 23.4. The summed E-state index contributed by atoms with van der Waals surface area (Å²) in [5, 5.41) is 15.7. The van der Waals surface area contributed by atoms with E-state index in [-0.39, 0.29) is 12.1 Å². The fourth-order valence-corrected chi connectivity index (χ4v) is 2.10. The Morgan fingerprint density at radius 3 is 2.59 bits per heavy atom. The molecule has 0 unspecified atom stereocenters. The summed E-state index contributed by atoms with van der Waals surface area (Å²) in [7, 11) is 0. The molecule has 1 saturated carbocycles. The second-order valence-corrected chi connectivity index (χ2v) is 4.65. The summed E-state index contributed by atoms with van der Waals surface area (Å²) in [5.74, 6) is 0. The number of halogens is 1. The number of carbonyl (C=O) groups is 1. The largest absolute Gasteiger partial charge is 0.391 e. The first-order valence-corrected chi connectivity index (χ1v) is 6.04. The third kappa shape index (κ3) is 3.35. The molecule has 2 atom stereocenters. The van der Waals surface area contributed by atoms with Crippen LogP contribution in [0.15, 0.2) is 24.3 Å². The van der Waals surface area contributed by atoms with Gasteiger partial charge in [0.05, 0.1) is 12.1 Å². The number of aliphatic hydroxyl groups excluding tert-OH is 1. The van der Waals surface area contributed by atoms with Crippen molar-refractivity contribution in [1.82, 2.24) is 5.32 Å². The zero-order valence-corrected chi connectivity index (χ0v) is 10.1. The highest BCUT2D eigenvalue weighted by molar-refractivity contribution is 6.30. The van der Waals surface area contributed by atoms with Crippen molar-refractivity contribution in [3.63, 3.8) is 0 Å². The van der Waals surface area contributed by atoms with Crippen LogP contribution in [0.3, 0.4) is 0 Å². The predicted molar refractivity (Wildman–Crippen MR) is 67.3 cm³/mol. The van der Waals surface area contributed by atoms with Crippen molar-refractivity contribution >= 4 is 23.3 Å². The van der Waals surface area contributed by atoms with E-state index < -0.39 is 6.10 Å². The molecule has 0 radical (unpaired) electrons. The van der Waals surface area contributed by atoms with Crippen molar-refractivity contribution in [3.05, 3.63) is 29.3 Å². The zero-order valence-electron chi connectivity index (χ0n) is 9.32. The molecule has 1 aromatic carbocycles. The summed E-state index contributed by atoms with van der Waals surface area (Å²) in [5.41, 5.74) is 0.680. The highest BCUT2D eigenvalue weighted by Gasteiger charge is 2.26. The second-order valence-electron chi connectivity index (χ2n) is 4.21. The third-order valence-electron chi connectivity index (χ3n) is 2.90. The second kappa shape index (κ2) is 5.38. The molecule has 0 saturated heterocycles. The average Bonchev–Trinajstić information content (AvgIpc) is 2.68. The Hall–Kier alpha value is -1.26. The number of benzene rings is 1. The number of anilines is 1. The minimum absolute atomic E-state index is 0.137. The van der Waals surface area contributed by atoms with Gasteiger partial charge in [-0.25, -0.2) is 4.79 Å². The number of rotatable bonds is 2. The molecule has 2 rings (SSSR count). The highest BCUT2D eigenvalue weighted by atomic mass is 35.5. The molecule has 2 amide bonds. The van der Waals surface area contributed by atoms with Gasteiger partial charge in [-0.3, -0.25) is 0 Å². The fourth-order valence-electron chi connectivity index (χ4n) is 1.98. The van der Waals surface area contributed by atoms with Gasteiger partial charge in [0.2, 0.25) is 0 Å². The molecule has 0 aromatic heterocycles. The molecule has 92 valence electrons. The summed E-state index contributed by atoms with van der Waals surface area (Å²) in [6, 6.07) is 6.45. The first-order chi connectivity index (χ1) is 8.15. The van der Waals surface area contributed by atoms with Crippen LogP contribution in [0.5, 0.6) is 0 Å². The van der Waals surface area contributed by atoms with Crippen molar-refractivity contribution < 1.29 is 9.90 Å². The Kier molecular flexibility index (Phi) is 3.86. The van der Waals surface area contributed by atoms with E-state index in [1.165, 1.54) is 0 Å². The number of urea groups is 1. The minimum Gasteiger partial charge on any atom is -0.391 e. The van der Waals surface area contributed by atoms with E-state index in [2.05, 4.69) is 10.6 Å². The number of aliphatic hydroxyl groups is 1. The molecule has 5 heteroatoms. The van der Waals surface area contributed by atoms with Crippen molar-refractivity contribution in [2.45, 2.75) is 31.4 Å². The molecule has 3 N–H and O–H groups in total. The minimum atomic E-state index is -0.425. The van der Waals surface area contributed by atoms with Gasteiger partial charge < -0.3 is 15.7 Å². The van der Waals surface area contributed by atoms with Crippen LogP contribution in [0.4, 0.5) is 10.5 Å². The molecule has 1 aliphatic rings. The topological polar surface area (TPSA) is 61.4 Å². The average molecular weight is 255 g/mol. The van der Waals surface area contributed by atoms with Gasteiger partial charge in [-0.2, -0.15) is 0 Å². The van der Waals surface area contributed by atoms with Gasteiger partial charge in [0.25, 0.3) is 0 Å². The number of carbonyl (C=O) groups excluding carboxylic acids is 1. The lowest BCUT2D eigenvalue weighted by molar-refractivity contribution is 0.151. The van der Waals surface area contributed by atoms with Crippen LogP contribution >= 0.6 is 11.6 Å². The Morgan fingerprint density at radius 2 is 2.00 bits per heavy atom. The van der Waals surface area contributed by atoms with Crippen LogP contribution in [0.25, 0.3) is 0 Å². The smallest absolute Gasteiger partial charge is 0.319 e. The molecule has 0 heterocycles. The van der Waals surface area contributed by atoms with E-state index in [1.807, 2.05) is 0 Å². The van der Waals surface area contributed by atoms with Crippen molar-refractivity contribution in [3.8, 4) is 0 Å². The van der Waals surface area contributed by atoms with Gasteiger partial charge in [-0.05, 0) is 43.5 Å². The Labute approximate surface area is 105 Å². The molecule has 1 aliphatic carbocycles. The highest BCUT2D eigenvalue weighted by Crippen LogP contribution is 2.19. The SMILES string of the molecule is O=C(Nc1ccc(Cl)cc1)N[C@@H]1CCC[C@H]1O. The predicted octanol–water partition coefficient (Wildman–Crippen LogP) is 2.37. The summed E-state index contributed by atoms with van der Waals surface area (Å²) >= 11 is 5.74. The van der Waals surface area contributed by atoms with Crippen molar-refractivity contribution in [2.24, 2.45) is 0 Å². The van der Waals surface area contributed by atoms with Gasteiger partial charge in [-0.15, -0.1) is 0 Å². The lowest BCUT2D eigenvalue weighted by Gasteiger charge is -2.16. The number of nitrogens with one attached hydrogen (secondary N) is 2. The molecule has 1 aromatic rings. The molecule has 0 spiro atoms. The maximum atomic E-state index is 11.6. The first-order valence-electron chi connectivity index (χ1n) is 5.66. The molecule has 0 aliphatic heterocycles. The van der Waals surface area contributed by atoms with E-state index in [0.29, 0.717) is 10.7 Å². The lowest BCUT2D eigenvalue weighted by atomic mass is 10.2. The fraction of sp³-hybridized carbons (Fsp3) is 0.417. The number of hydrogen-bond acceptors (Lipinski definition) is 2. The molecule has 0 bridgehead atoms. The lowest BCUT2D eigenvalue weighted by Crippen LogP contribution is -2.42. The Morgan fingerprint density at radius 1 is 1.29 bits per heavy atom. The van der Waals surface area contributed by atoms with Crippen LogP contribution in [-0.4, -0.2) is 23.3 Å². The van der Waals surface area contributed by atoms with E-state index in [9.17, 15) is 9.90 Å². The summed E-state index contributed by atoms with van der Waals surface area (Å²) in [4.78, 5) is 11.6. The van der Waals surface area contributed by atoms with Crippen LogP contribution in [-0.2, 0) is 0 Å². The van der Waals surface area contributed by atoms with Crippen molar-refractivity contribution in [1.29, 1.82) is 0 Å². The van der Waals surface area contributed by atoms with E-state index >= 15 is 0 Å². The Bertz CT molecular complexity index is 394. The maximum Gasteiger partial charge on any atom is 0.319 e. The molecule has 4 nitrogen and oxygen atoms in total. The van der Waals surface area contributed by atoms with Crippen LogP contribution in [0.1, 0.15) is 19.3 Å². The molecular weight excluding hydrogens is 240 g/mol. The standard InChI is InChI=1S/C12H15ClN2O2/c13-8-4-6-9(7-5-8)14-12(17)15-10-2-1-3-11(10)16/h4-7,10-11,16H,1-3H2,(H2,14,15,17)/t10-,11-/m1/s1. The van der Waals surface area contributed by atoms with Gasteiger partial charge >= 0.3 is 6.03 Å². The van der Waals surface area contributed by atoms with Crippen molar-refractivity contribution in [2.75, 3.05) is 5.32 Å². The summed E-state index contributed by atoms with van der Waals surface area (Å²) in [6.45, 7) is 0. The van der Waals surface area contributed by atoms with Gasteiger partial charge in [-0.1, -0.05) is 11.6 Å². The molecule has 1 fully saturated rings. The van der Waals surface area contributed by atoms with Crippen LogP contribution < -0.4 is 10.6 Å². The number of amides is 2. The Balaban J connectivity index is 1.86. The summed E-state index contributed by atoms with van der Waals surface area (Å²) in [6.07, 6.45) is 2.11. The maximum absolute atomic E-state index is 11.6.